The third-order valence-corrected chi connectivity index (χ3v) is 6.60. The normalized spacial score (nSPS) is 12.1. The second-order valence-corrected chi connectivity index (χ2v) is 8.63. The molecule has 1 N–H and O–H groups in total. The molecule has 0 radical (unpaired) electrons. The van der Waals surface area contributed by atoms with E-state index in [4.69, 9.17) is 18.6 Å². The summed E-state index contributed by atoms with van der Waals surface area (Å²) in [5.41, 5.74) is 0. The molecule has 1 aromatic heterocycles. The highest BCUT2D eigenvalue weighted by molar-refractivity contribution is 7.91. The summed E-state index contributed by atoms with van der Waals surface area (Å²) in [7, 11) is -0.812. The number of rotatable bonds is 10. The molecule has 0 unspecified atom stereocenters. The Balaban J connectivity index is 1.69. The zero-order valence-corrected chi connectivity index (χ0v) is 17.9. The molecule has 31 heavy (non-hydrogen) atoms. The highest BCUT2D eigenvalue weighted by atomic mass is 32.2. The number of carbonyl (C=O) groups is 1. The number of nitrogens with one attached hydrogen (secondary N) is 1. The molecule has 164 valence electrons. The second kappa shape index (κ2) is 10.0. The van der Waals surface area contributed by atoms with Crippen molar-refractivity contribution in [2.75, 3.05) is 27.4 Å². The van der Waals surface area contributed by atoms with Crippen LogP contribution in [0.5, 0.6) is 17.2 Å². The number of carbonyl (C=O) groups excluding carboxylic acids is 1. The highest BCUT2D eigenvalue weighted by Gasteiger charge is 2.32. The first-order valence-corrected chi connectivity index (χ1v) is 10.9. The Morgan fingerprint density at radius 2 is 1.68 bits per heavy atom. The Morgan fingerprint density at radius 3 is 2.32 bits per heavy atom. The van der Waals surface area contributed by atoms with Crippen molar-refractivity contribution in [3.63, 3.8) is 0 Å². The molecule has 0 aliphatic heterocycles. The topological polar surface area (TPSA) is 104 Å². The Kier molecular flexibility index (Phi) is 7.19. The van der Waals surface area contributed by atoms with Gasteiger partial charge in [0.1, 0.15) is 28.3 Å². The number of furan rings is 1. The molecule has 3 rings (SSSR count). The lowest BCUT2D eigenvalue weighted by atomic mass is 10.3. The van der Waals surface area contributed by atoms with E-state index in [0.29, 0.717) is 17.2 Å². The van der Waals surface area contributed by atoms with Crippen molar-refractivity contribution in [2.45, 2.75) is 10.1 Å². The smallest absolute Gasteiger partial charge is 0.257 e. The van der Waals surface area contributed by atoms with Gasteiger partial charge in [0.25, 0.3) is 5.91 Å². The molecule has 1 atom stereocenters. The van der Waals surface area contributed by atoms with E-state index in [1.54, 1.807) is 48.5 Å². The highest BCUT2D eigenvalue weighted by Crippen LogP contribution is 2.30. The van der Waals surface area contributed by atoms with Gasteiger partial charge in [-0.25, -0.2) is 8.42 Å². The van der Waals surface area contributed by atoms with Crippen molar-refractivity contribution >= 4 is 15.7 Å². The van der Waals surface area contributed by atoms with Crippen molar-refractivity contribution in [3.8, 4) is 17.2 Å². The summed E-state index contributed by atoms with van der Waals surface area (Å²) in [6.45, 7) is -0.456. The van der Waals surface area contributed by atoms with Crippen molar-refractivity contribution in [1.29, 1.82) is 0 Å². The lowest BCUT2D eigenvalue weighted by Gasteiger charge is -2.17. The molecule has 1 amide bonds. The van der Waals surface area contributed by atoms with Gasteiger partial charge in [0.15, 0.2) is 16.4 Å². The summed E-state index contributed by atoms with van der Waals surface area (Å²) in [5, 5.41) is 1.51. The molecule has 3 aromatic rings. The fraction of sp³-hybridized carbons (Fsp3) is 0.227. The van der Waals surface area contributed by atoms with E-state index in [9.17, 15) is 13.2 Å². The summed E-state index contributed by atoms with van der Waals surface area (Å²) < 4.78 is 47.4. The van der Waals surface area contributed by atoms with Crippen LogP contribution in [0.15, 0.2) is 76.2 Å². The number of ether oxygens (including phenoxy) is 3. The molecule has 0 bridgehead atoms. The van der Waals surface area contributed by atoms with Crippen LogP contribution in [0.3, 0.4) is 0 Å². The lowest BCUT2D eigenvalue weighted by Crippen LogP contribution is -2.34. The summed E-state index contributed by atoms with van der Waals surface area (Å²) in [6.07, 6.45) is 1.39. The number of amides is 1. The van der Waals surface area contributed by atoms with Crippen molar-refractivity contribution in [1.82, 2.24) is 5.32 Å². The minimum absolute atomic E-state index is 0.0941. The average molecular weight is 445 g/mol. The quantitative estimate of drug-likeness (QED) is 0.512. The maximum absolute atomic E-state index is 13.2. The number of hydrogen-bond acceptors (Lipinski definition) is 7. The van der Waals surface area contributed by atoms with Gasteiger partial charge in [-0.15, -0.1) is 0 Å². The van der Waals surface area contributed by atoms with Gasteiger partial charge < -0.3 is 23.9 Å². The number of sulfone groups is 1. The van der Waals surface area contributed by atoms with Gasteiger partial charge >= 0.3 is 0 Å². The maximum atomic E-state index is 13.2. The second-order valence-electron chi connectivity index (χ2n) is 6.50. The Hall–Kier alpha value is -3.46. The largest absolute Gasteiger partial charge is 0.497 e. The third kappa shape index (κ3) is 5.58. The van der Waals surface area contributed by atoms with Crippen molar-refractivity contribution < 1.29 is 31.8 Å². The Morgan fingerprint density at radius 1 is 0.968 bits per heavy atom. The maximum Gasteiger partial charge on any atom is 0.257 e. The van der Waals surface area contributed by atoms with Gasteiger partial charge in [-0.1, -0.05) is 6.07 Å². The van der Waals surface area contributed by atoms with E-state index in [1.807, 2.05) is 0 Å². The van der Waals surface area contributed by atoms with Gasteiger partial charge in [0, 0.05) is 12.6 Å². The van der Waals surface area contributed by atoms with E-state index in [2.05, 4.69) is 5.32 Å². The van der Waals surface area contributed by atoms with Crippen LogP contribution in [-0.2, 0) is 14.6 Å². The summed E-state index contributed by atoms with van der Waals surface area (Å²) in [4.78, 5) is 12.4. The molecule has 0 fully saturated rings. The molecule has 0 saturated carbocycles. The molecule has 2 aromatic carbocycles. The van der Waals surface area contributed by atoms with Crippen LogP contribution in [0, 0.1) is 0 Å². The van der Waals surface area contributed by atoms with Gasteiger partial charge in [0.2, 0.25) is 0 Å². The zero-order valence-electron chi connectivity index (χ0n) is 17.1. The lowest BCUT2D eigenvalue weighted by molar-refractivity contribution is -0.123. The zero-order chi connectivity index (χ0) is 22.3. The Bertz CT molecular complexity index is 1090. The summed E-state index contributed by atoms with van der Waals surface area (Å²) in [5.74, 6) is 1.36. The first-order valence-electron chi connectivity index (χ1n) is 9.39. The third-order valence-electron chi connectivity index (χ3n) is 4.52. The molecular weight excluding hydrogens is 422 g/mol. The molecule has 9 heteroatoms. The molecular formula is C22H23NO7S. The molecule has 8 nitrogen and oxygen atoms in total. The first kappa shape index (κ1) is 22.2. The fourth-order valence-corrected chi connectivity index (χ4v) is 4.45. The van der Waals surface area contributed by atoms with Crippen LogP contribution >= 0.6 is 0 Å². The molecule has 0 spiro atoms. The van der Waals surface area contributed by atoms with E-state index in [-0.39, 0.29) is 23.8 Å². The molecule has 0 aliphatic rings. The van der Waals surface area contributed by atoms with Crippen LogP contribution in [0.2, 0.25) is 0 Å². The first-order chi connectivity index (χ1) is 14.9. The van der Waals surface area contributed by atoms with Crippen LogP contribution in [0.25, 0.3) is 0 Å². The number of benzene rings is 2. The van der Waals surface area contributed by atoms with E-state index in [1.165, 1.54) is 32.6 Å². The van der Waals surface area contributed by atoms with E-state index >= 15 is 0 Å². The van der Waals surface area contributed by atoms with E-state index < -0.39 is 21.0 Å². The van der Waals surface area contributed by atoms with Gasteiger partial charge in [0.05, 0.1) is 25.4 Å². The minimum Gasteiger partial charge on any atom is -0.497 e. The number of hydrogen-bond donors (Lipinski definition) is 1. The van der Waals surface area contributed by atoms with Crippen molar-refractivity contribution in [2.24, 2.45) is 0 Å². The minimum atomic E-state index is -3.84. The predicted molar refractivity (Wildman–Crippen MR) is 113 cm³/mol. The van der Waals surface area contributed by atoms with Crippen molar-refractivity contribution in [3.05, 3.63) is 72.7 Å². The summed E-state index contributed by atoms with van der Waals surface area (Å²) in [6, 6.07) is 16.0. The van der Waals surface area contributed by atoms with Gasteiger partial charge in [-0.05, 0) is 48.5 Å². The van der Waals surface area contributed by atoms with Crippen LogP contribution in [0.1, 0.15) is 11.0 Å². The standard InChI is InChI=1S/C22H23NO7S/c1-27-16-8-10-19(11-9-16)31(25,26)21(20-7-4-12-29-20)14-23-22(24)15-30-18-6-3-5-17(13-18)28-2/h3-13,21H,14-15H2,1-2H3,(H,23,24)/t21-/m1/s1. The molecule has 0 aliphatic carbocycles. The van der Waals surface area contributed by atoms with Gasteiger partial charge in [-0.2, -0.15) is 0 Å². The average Bonchev–Trinajstić information content (AvgIpc) is 3.32. The number of methoxy groups -OCH3 is 2. The van der Waals surface area contributed by atoms with E-state index in [0.717, 1.165) is 0 Å². The summed E-state index contributed by atoms with van der Waals surface area (Å²) >= 11 is 0. The van der Waals surface area contributed by atoms with Crippen LogP contribution < -0.4 is 19.5 Å². The molecule has 1 heterocycles. The van der Waals surface area contributed by atoms with Crippen LogP contribution in [-0.4, -0.2) is 41.7 Å². The Labute approximate surface area is 180 Å². The fourth-order valence-electron chi connectivity index (χ4n) is 2.86. The monoisotopic (exact) mass is 445 g/mol. The van der Waals surface area contributed by atoms with Crippen LogP contribution in [0.4, 0.5) is 0 Å². The predicted octanol–water partition coefficient (Wildman–Crippen LogP) is 3.01. The molecule has 0 saturated heterocycles. The SMILES string of the molecule is COc1ccc(S(=O)(=O)[C@H](CNC(=O)COc2cccc(OC)c2)c2ccco2)cc1. The van der Waals surface area contributed by atoms with Gasteiger partial charge in [-0.3, -0.25) is 4.79 Å².